The van der Waals surface area contributed by atoms with Crippen LogP contribution in [-0.2, 0) is 5.41 Å². The van der Waals surface area contributed by atoms with Gasteiger partial charge in [-0.3, -0.25) is 0 Å². The summed E-state index contributed by atoms with van der Waals surface area (Å²) in [5.74, 6) is 0.343. The second kappa shape index (κ2) is 10.4. The number of allylic oxidation sites excluding steroid dienone is 4. The zero-order chi connectivity index (χ0) is 32.0. The minimum Gasteiger partial charge on any atom is -0.135 e. The molecule has 1 atom stereocenters. The molecule has 228 valence electrons. The van der Waals surface area contributed by atoms with Crippen LogP contribution < -0.4 is 0 Å². The highest BCUT2D eigenvalue weighted by Gasteiger charge is 2.40. The Morgan fingerprint density at radius 2 is 1.15 bits per heavy atom. The third-order valence-corrected chi connectivity index (χ3v) is 12.2. The fraction of sp³-hybridized carbons (Fsp3) is 0.106. The molecule has 0 amide bonds. The average molecular weight is 631 g/mol. The van der Waals surface area contributed by atoms with Crippen LogP contribution in [0.2, 0.25) is 0 Å². The molecular weight excluding hydrogens is 597 g/mol. The first kappa shape index (κ1) is 27.8. The molecule has 0 aliphatic heterocycles. The summed E-state index contributed by atoms with van der Waals surface area (Å²) in [5, 5.41) is 8.09. The van der Waals surface area contributed by atoms with Crippen LogP contribution >= 0.6 is 11.3 Å². The molecule has 0 spiro atoms. The molecule has 0 bridgehead atoms. The Bertz CT molecular complexity index is 2650. The maximum Gasteiger partial charge on any atom is 0.0358 e. The lowest BCUT2D eigenvalue weighted by atomic mass is 9.74. The molecule has 1 aromatic heterocycles. The molecule has 2 aliphatic carbocycles. The van der Waals surface area contributed by atoms with Crippen LogP contribution in [0.3, 0.4) is 0 Å². The number of fused-ring (bicyclic) bond motifs is 7. The van der Waals surface area contributed by atoms with Gasteiger partial charge in [0, 0.05) is 31.5 Å². The van der Waals surface area contributed by atoms with Crippen molar-refractivity contribution < 1.29 is 0 Å². The zero-order valence-electron chi connectivity index (χ0n) is 27.1. The van der Waals surface area contributed by atoms with Gasteiger partial charge in [0.05, 0.1) is 0 Å². The summed E-state index contributed by atoms with van der Waals surface area (Å²) in [6.45, 7) is 4.91. The number of rotatable bonds is 3. The predicted octanol–water partition coefficient (Wildman–Crippen LogP) is 13.5. The molecule has 48 heavy (non-hydrogen) atoms. The first-order valence-corrected chi connectivity index (χ1v) is 17.9. The summed E-state index contributed by atoms with van der Waals surface area (Å²) in [6.07, 6.45) is 5.98. The minimum atomic E-state index is -0.0843. The fourth-order valence-corrected chi connectivity index (χ4v) is 9.98. The van der Waals surface area contributed by atoms with E-state index >= 15 is 0 Å². The molecule has 8 aromatic rings. The summed E-state index contributed by atoms with van der Waals surface area (Å²) in [6, 6.07) is 51.9. The molecule has 2 aliphatic rings. The number of hydrogen-bond acceptors (Lipinski definition) is 1. The van der Waals surface area contributed by atoms with E-state index in [4.69, 9.17) is 0 Å². The normalized spacial score (nSPS) is 16.7. The number of benzene rings is 7. The topological polar surface area (TPSA) is 0 Å². The highest BCUT2D eigenvalue weighted by atomic mass is 32.1. The molecule has 0 radical (unpaired) electrons. The maximum atomic E-state index is 2.56. The fourth-order valence-electron chi connectivity index (χ4n) is 8.84. The van der Waals surface area contributed by atoms with Gasteiger partial charge in [-0.25, -0.2) is 0 Å². The summed E-state index contributed by atoms with van der Waals surface area (Å²) in [5.41, 5.74) is 12.4. The molecule has 1 heteroatoms. The summed E-state index contributed by atoms with van der Waals surface area (Å²) in [4.78, 5) is 0. The quantitative estimate of drug-likeness (QED) is 0.170. The third kappa shape index (κ3) is 3.95. The van der Waals surface area contributed by atoms with Crippen LogP contribution in [0.4, 0.5) is 0 Å². The molecular formula is C47H34S. The van der Waals surface area contributed by atoms with E-state index in [1.165, 1.54) is 86.2 Å². The van der Waals surface area contributed by atoms with Crippen molar-refractivity contribution in [3.63, 3.8) is 0 Å². The minimum absolute atomic E-state index is 0.0843. The second-order valence-electron chi connectivity index (χ2n) is 14.0. The monoisotopic (exact) mass is 630 g/mol. The highest BCUT2D eigenvalue weighted by molar-refractivity contribution is 7.25. The van der Waals surface area contributed by atoms with Gasteiger partial charge in [-0.2, -0.15) is 0 Å². The van der Waals surface area contributed by atoms with Gasteiger partial charge < -0.3 is 0 Å². The van der Waals surface area contributed by atoms with Crippen LogP contribution in [0.5, 0.6) is 0 Å². The summed E-state index contributed by atoms with van der Waals surface area (Å²) >= 11 is 1.91. The molecule has 0 fully saturated rings. The van der Waals surface area contributed by atoms with Crippen molar-refractivity contribution in [2.45, 2.75) is 31.6 Å². The zero-order valence-corrected chi connectivity index (χ0v) is 27.9. The first-order valence-electron chi connectivity index (χ1n) is 17.0. The van der Waals surface area contributed by atoms with Crippen molar-refractivity contribution in [1.82, 2.24) is 0 Å². The summed E-state index contributed by atoms with van der Waals surface area (Å²) in [7, 11) is 0. The molecule has 0 nitrogen and oxygen atoms in total. The molecule has 7 aromatic carbocycles. The van der Waals surface area contributed by atoms with Gasteiger partial charge in [0.15, 0.2) is 0 Å². The van der Waals surface area contributed by atoms with E-state index in [1.807, 2.05) is 11.3 Å². The smallest absolute Gasteiger partial charge is 0.0358 e. The van der Waals surface area contributed by atoms with Gasteiger partial charge in [-0.15, -0.1) is 11.3 Å². The lowest BCUT2D eigenvalue weighted by Gasteiger charge is -2.29. The largest absolute Gasteiger partial charge is 0.135 e. The van der Waals surface area contributed by atoms with Gasteiger partial charge in [0.1, 0.15) is 0 Å². The van der Waals surface area contributed by atoms with Crippen molar-refractivity contribution in [2.24, 2.45) is 0 Å². The van der Waals surface area contributed by atoms with Crippen molar-refractivity contribution in [3.8, 4) is 22.3 Å². The van der Waals surface area contributed by atoms with Crippen molar-refractivity contribution in [2.75, 3.05) is 0 Å². The number of hydrogen-bond donors (Lipinski definition) is 0. The molecule has 0 N–H and O–H groups in total. The molecule has 0 saturated heterocycles. The van der Waals surface area contributed by atoms with Crippen molar-refractivity contribution in [3.05, 3.63) is 174 Å². The van der Waals surface area contributed by atoms with E-state index < -0.39 is 0 Å². The average Bonchev–Trinajstić information content (AvgIpc) is 3.62. The summed E-state index contributed by atoms with van der Waals surface area (Å²) < 4.78 is 2.76. The van der Waals surface area contributed by atoms with E-state index in [9.17, 15) is 0 Å². The Morgan fingerprint density at radius 3 is 1.83 bits per heavy atom. The van der Waals surface area contributed by atoms with Crippen molar-refractivity contribution in [1.29, 1.82) is 0 Å². The van der Waals surface area contributed by atoms with Crippen LogP contribution in [0.15, 0.2) is 157 Å². The van der Waals surface area contributed by atoms with Gasteiger partial charge in [-0.1, -0.05) is 147 Å². The Hall–Kier alpha value is -5.24. The van der Waals surface area contributed by atoms with E-state index in [0.29, 0.717) is 5.92 Å². The van der Waals surface area contributed by atoms with Gasteiger partial charge in [0.25, 0.3) is 0 Å². The van der Waals surface area contributed by atoms with E-state index in [-0.39, 0.29) is 5.41 Å². The molecule has 1 heterocycles. The Morgan fingerprint density at radius 1 is 0.562 bits per heavy atom. The molecule has 1 unspecified atom stereocenters. The van der Waals surface area contributed by atoms with Gasteiger partial charge in [-0.05, 0) is 96.7 Å². The lowest BCUT2D eigenvalue weighted by Crippen LogP contribution is -2.19. The Kier molecular flexibility index (Phi) is 6.02. The predicted molar refractivity (Wildman–Crippen MR) is 208 cm³/mol. The van der Waals surface area contributed by atoms with E-state index in [2.05, 4.69) is 166 Å². The van der Waals surface area contributed by atoms with Crippen LogP contribution in [0, 0.1) is 0 Å². The maximum absolute atomic E-state index is 2.56. The Labute approximate surface area is 285 Å². The third-order valence-electron chi connectivity index (χ3n) is 11.1. The Balaban J connectivity index is 1.21. The highest BCUT2D eigenvalue weighted by Crippen LogP contribution is 2.56. The van der Waals surface area contributed by atoms with Crippen LogP contribution in [-0.4, -0.2) is 0 Å². The van der Waals surface area contributed by atoms with Crippen LogP contribution in [0.1, 0.15) is 42.9 Å². The van der Waals surface area contributed by atoms with Gasteiger partial charge in [0.2, 0.25) is 0 Å². The van der Waals surface area contributed by atoms with E-state index in [1.54, 1.807) is 5.57 Å². The second-order valence-corrected chi connectivity index (χ2v) is 15.1. The SMILES string of the molecule is CC1(C)C2=C(C=CC(c3cccc4sc5ccccc5c34)C2)c2cc3c(-c4ccccc4)c4ccccc4c(-c4ccccc4)c3cc21. The van der Waals surface area contributed by atoms with E-state index in [0.717, 1.165) is 6.42 Å². The van der Waals surface area contributed by atoms with Crippen LogP contribution in [0.25, 0.3) is 69.5 Å². The standard InChI is InChI=1S/C47H34S/c1-47(2)40-26-31(32-21-13-23-43-46(32)36-20-11-12-22-42(36)48-43)24-25-33(40)37-27-38-39(28-41(37)47)45(30-16-7-4-8-17-30)35-19-10-9-18-34(35)44(38)29-14-5-3-6-15-29/h3-25,27-28,31H,26H2,1-2H3. The first-order chi connectivity index (χ1) is 23.6. The molecule has 0 saturated carbocycles. The molecule has 10 rings (SSSR count). The van der Waals surface area contributed by atoms with Crippen molar-refractivity contribution >= 4 is 58.6 Å². The van der Waals surface area contributed by atoms with Gasteiger partial charge >= 0.3 is 0 Å². The number of thiophene rings is 1. The lowest BCUT2D eigenvalue weighted by molar-refractivity contribution is 0.592.